The van der Waals surface area contributed by atoms with Gasteiger partial charge in [0.15, 0.2) is 0 Å². The number of nitrogens with one attached hydrogen (secondary N) is 1. The van der Waals surface area contributed by atoms with E-state index in [4.69, 9.17) is 5.26 Å². The van der Waals surface area contributed by atoms with Gasteiger partial charge in [0.2, 0.25) is 0 Å². The zero-order chi connectivity index (χ0) is 9.84. The van der Waals surface area contributed by atoms with Crippen LogP contribution in [0.3, 0.4) is 0 Å². The van der Waals surface area contributed by atoms with Crippen LogP contribution < -0.4 is 5.32 Å². The van der Waals surface area contributed by atoms with Crippen LogP contribution in [0.5, 0.6) is 0 Å². The van der Waals surface area contributed by atoms with Gasteiger partial charge >= 0.3 is 0 Å². The average Bonchev–Trinajstić information content (AvgIpc) is 2.17. The summed E-state index contributed by atoms with van der Waals surface area (Å²) in [5.74, 6) is -0.463. The third-order valence-corrected chi connectivity index (χ3v) is 2.04. The lowest BCUT2D eigenvalue weighted by Gasteiger charge is -2.10. The summed E-state index contributed by atoms with van der Waals surface area (Å²) in [5, 5.41) is 11.6. The summed E-state index contributed by atoms with van der Waals surface area (Å²) in [5.41, 5.74) is 1.01. The molecule has 0 aliphatic carbocycles. The second-order valence-electron chi connectivity index (χ2n) is 2.86. The first-order chi connectivity index (χ1) is 6.19. The van der Waals surface area contributed by atoms with Crippen LogP contribution >= 0.6 is 0 Å². The van der Waals surface area contributed by atoms with Gasteiger partial charge in [0, 0.05) is 6.04 Å². The van der Waals surface area contributed by atoms with Crippen molar-refractivity contribution < 1.29 is 4.39 Å². The summed E-state index contributed by atoms with van der Waals surface area (Å²) in [6.07, 6.45) is 0. The van der Waals surface area contributed by atoms with Gasteiger partial charge in [-0.1, -0.05) is 6.07 Å². The SMILES string of the molecule is CN[C@@H](C)c1ccc(F)c(C#N)c1. The first-order valence-electron chi connectivity index (χ1n) is 4.06. The maximum Gasteiger partial charge on any atom is 0.140 e. The van der Waals surface area contributed by atoms with E-state index >= 15 is 0 Å². The third kappa shape index (κ3) is 2.04. The van der Waals surface area contributed by atoms with Crippen molar-refractivity contribution in [3.63, 3.8) is 0 Å². The molecule has 0 saturated heterocycles. The standard InChI is InChI=1S/C10H11FN2/c1-7(13-2)8-3-4-10(11)9(5-8)6-12/h3-5,7,13H,1-2H3/t7-/m0/s1. The normalized spacial score (nSPS) is 12.2. The molecule has 0 spiro atoms. The number of nitrogens with zero attached hydrogens (tertiary/aromatic N) is 1. The van der Waals surface area contributed by atoms with Crippen molar-refractivity contribution in [1.82, 2.24) is 5.32 Å². The summed E-state index contributed by atoms with van der Waals surface area (Å²) >= 11 is 0. The highest BCUT2D eigenvalue weighted by Gasteiger charge is 2.06. The van der Waals surface area contributed by atoms with E-state index in [1.807, 2.05) is 20.0 Å². The van der Waals surface area contributed by atoms with Gasteiger partial charge in [0.05, 0.1) is 5.56 Å². The number of hydrogen-bond acceptors (Lipinski definition) is 2. The molecule has 0 amide bonds. The smallest absolute Gasteiger partial charge is 0.140 e. The maximum atomic E-state index is 12.9. The molecule has 0 fully saturated rings. The molecule has 1 atom stereocenters. The van der Waals surface area contributed by atoms with Crippen molar-refractivity contribution in [2.45, 2.75) is 13.0 Å². The van der Waals surface area contributed by atoms with Gasteiger partial charge < -0.3 is 5.32 Å². The molecular formula is C10H11FN2. The molecule has 0 radical (unpaired) electrons. The molecule has 0 unspecified atom stereocenters. The fraction of sp³-hybridized carbons (Fsp3) is 0.300. The molecule has 0 heterocycles. The van der Waals surface area contributed by atoms with Gasteiger partial charge in [-0.2, -0.15) is 5.26 Å². The topological polar surface area (TPSA) is 35.8 Å². The van der Waals surface area contributed by atoms with E-state index in [2.05, 4.69) is 5.32 Å². The highest BCUT2D eigenvalue weighted by atomic mass is 19.1. The van der Waals surface area contributed by atoms with Crippen molar-refractivity contribution in [2.24, 2.45) is 0 Å². The van der Waals surface area contributed by atoms with Crippen LogP contribution in [0.2, 0.25) is 0 Å². The van der Waals surface area contributed by atoms with Crippen LogP contribution in [-0.2, 0) is 0 Å². The number of benzene rings is 1. The molecule has 1 rings (SSSR count). The molecule has 1 N–H and O–H groups in total. The van der Waals surface area contributed by atoms with Crippen molar-refractivity contribution in [3.8, 4) is 6.07 Å². The van der Waals surface area contributed by atoms with E-state index in [0.717, 1.165) is 5.56 Å². The van der Waals surface area contributed by atoms with Gasteiger partial charge in [-0.05, 0) is 31.7 Å². The Balaban J connectivity index is 3.08. The summed E-state index contributed by atoms with van der Waals surface area (Å²) in [7, 11) is 1.82. The highest BCUT2D eigenvalue weighted by molar-refractivity contribution is 5.35. The molecule has 0 saturated carbocycles. The van der Waals surface area contributed by atoms with E-state index in [1.54, 1.807) is 12.1 Å². The zero-order valence-electron chi connectivity index (χ0n) is 7.63. The Bertz CT molecular complexity index is 341. The van der Waals surface area contributed by atoms with Crippen molar-refractivity contribution in [3.05, 3.63) is 35.1 Å². The fourth-order valence-electron chi connectivity index (χ4n) is 1.06. The molecule has 0 aliphatic rings. The second kappa shape index (κ2) is 4.01. The number of rotatable bonds is 2. The van der Waals surface area contributed by atoms with Gasteiger partial charge in [0.1, 0.15) is 11.9 Å². The molecule has 0 aromatic heterocycles. The van der Waals surface area contributed by atoms with E-state index < -0.39 is 5.82 Å². The monoisotopic (exact) mass is 178 g/mol. The zero-order valence-corrected chi connectivity index (χ0v) is 7.63. The Kier molecular flexibility index (Phi) is 2.99. The first kappa shape index (κ1) is 9.69. The van der Waals surface area contributed by atoms with Gasteiger partial charge in [0.25, 0.3) is 0 Å². The Hall–Kier alpha value is -1.40. The molecule has 0 bridgehead atoms. The van der Waals surface area contributed by atoms with Gasteiger partial charge in [-0.25, -0.2) is 4.39 Å². The Morgan fingerprint density at radius 3 is 2.77 bits per heavy atom. The molecule has 13 heavy (non-hydrogen) atoms. The second-order valence-corrected chi connectivity index (χ2v) is 2.86. The van der Waals surface area contributed by atoms with Crippen LogP contribution in [-0.4, -0.2) is 7.05 Å². The Morgan fingerprint density at radius 2 is 2.23 bits per heavy atom. The molecule has 3 heteroatoms. The van der Waals surface area contributed by atoms with Gasteiger partial charge in [-0.3, -0.25) is 0 Å². The van der Waals surface area contributed by atoms with Crippen molar-refractivity contribution in [2.75, 3.05) is 7.05 Å². The minimum absolute atomic E-state index is 0.0969. The average molecular weight is 178 g/mol. The summed E-state index contributed by atoms with van der Waals surface area (Å²) < 4.78 is 12.9. The quantitative estimate of drug-likeness (QED) is 0.751. The summed E-state index contributed by atoms with van der Waals surface area (Å²) in [4.78, 5) is 0. The number of nitriles is 1. The fourth-order valence-corrected chi connectivity index (χ4v) is 1.06. The van der Waals surface area contributed by atoms with Crippen LogP contribution in [0, 0.1) is 17.1 Å². The van der Waals surface area contributed by atoms with E-state index in [-0.39, 0.29) is 11.6 Å². The molecule has 1 aromatic carbocycles. The minimum Gasteiger partial charge on any atom is -0.313 e. The number of hydrogen-bond donors (Lipinski definition) is 1. The molecule has 1 aromatic rings. The predicted octanol–water partition coefficient (Wildman–Crippen LogP) is 1.98. The maximum absolute atomic E-state index is 12.9. The van der Waals surface area contributed by atoms with E-state index in [9.17, 15) is 4.39 Å². The number of halogens is 1. The molecular weight excluding hydrogens is 167 g/mol. The largest absolute Gasteiger partial charge is 0.313 e. The molecule has 2 nitrogen and oxygen atoms in total. The van der Waals surface area contributed by atoms with Crippen molar-refractivity contribution in [1.29, 1.82) is 5.26 Å². The van der Waals surface area contributed by atoms with Gasteiger partial charge in [-0.15, -0.1) is 0 Å². The lowest BCUT2D eigenvalue weighted by molar-refractivity contribution is 0.615. The lowest BCUT2D eigenvalue weighted by Crippen LogP contribution is -2.12. The molecule has 0 aliphatic heterocycles. The van der Waals surface area contributed by atoms with Crippen LogP contribution in [0.15, 0.2) is 18.2 Å². The minimum atomic E-state index is -0.463. The lowest BCUT2D eigenvalue weighted by atomic mass is 10.1. The van der Waals surface area contributed by atoms with Crippen LogP contribution in [0.1, 0.15) is 24.1 Å². The Morgan fingerprint density at radius 1 is 1.54 bits per heavy atom. The van der Waals surface area contributed by atoms with E-state index in [0.29, 0.717) is 0 Å². The summed E-state index contributed by atoms with van der Waals surface area (Å²) in [6, 6.07) is 6.51. The van der Waals surface area contributed by atoms with E-state index in [1.165, 1.54) is 6.07 Å². The first-order valence-corrected chi connectivity index (χ1v) is 4.06. The Labute approximate surface area is 77.0 Å². The highest BCUT2D eigenvalue weighted by Crippen LogP contribution is 2.15. The summed E-state index contributed by atoms with van der Waals surface area (Å²) in [6.45, 7) is 1.95. The predicted molar refractivity (Wildman–Crippen MR) is 48.6 cm³/mol. The van der Waals surface area contributed by atoms with Crippen LogP contribution in [0.25, 0.3) is 0 Å². The molecule has 68 valence electrons. The van der Waals surface area contributed by atoms with Crippen molar-refractivity contribution >= 4 is 0 Å². The third-order valence-electron chi connectivity index (χ3n) is 2.04. The van der Waals surface area contributed by atoms with Crippen LogP contribution in [0.4, 0.5) is 4.39 Å².